The van der Waals surface area contributed by atoms with Crippen LogP contribution in [0.2, 0.25) is 0 Å². The minimum absolute atomic E-state index is 0.121. The van der Waals surface area contributed by atoms with Crippen molar-refractivity contribution in [1.29, 1.82) is 0 Å². The summed E-state index contributed by atoms with van der Waals surface area (Å²) >= 11 is 0. The van der Waals surface area contributed by atoms with Gasteiger partial charge < -0.3 is 9.64 Å². The summed E-state index contributed by atoms with van der Waals surface area (Å²) in [5, 5.41) is 0. The van der Waals surface area contributed by atoms with Crippen molar-refractivity contribution in [2.45, 2.75) is 97.8 Å². The lowest BCUT2D eigenvalue weighted by molar-refractivity contribution is 0.105. The second kappa shape index (κ2) is 16.6. The molecular weight excluding hydrogens is 274 g/mol. The van der Waals surface area contributed by atoms with Crippen molar-refractivity contribution in [1.82, 2.24) is 4.90 Å². The van der Waals surface area contributed by atoms with Gasteiger partial charge in [0.1, 0.15) is 0 Å². The topological polar surface area (TPSA) is 29.5 Å². The van der Waals surface area contributed by atoms with Crippen molar-refractivity contribution < 1.29 is 9.53 Å². The number of rotatable bonds is 15. The Morgan fingerprint density at radius 1 is 0.682 bits per heavy atom. The number of hydrogen-bond donors (Lipinski definition) is 0. The van der Waals surface area contributed by atoms with Crippen LogP contribution in [0.4, 0.5) is 4.79 Å². The summed E-state index contributed by atoms with van der Waals surface area (Å²) in [6.45, 7) is 8.56. The van der Waals surface area contributed by atoms with Crippen molar-refractivity contribution in [3.63, 3.8) is 0 Å². The fraction of sp³-hybridized carbons (Fsp3) is 0.947. The van der Waals surface area contributed by atoms with Crippen molar-refractivity contribution in [3.8, 4) is 0 Å². The molecule has 3 nitrogen and oxygen atoms in total. The van der Waals surface area contributed by atoms with Gasteiger partial charge in [-0.1, -0.05) is 78.1 Å². The molecule has 0 radical (unpaired) electrons. The van der Waals surface area contributed by atoms with E-state index in [0.717, 1.165) is 25.9 Å². The van der Waals surface area contributed by atoms with E-state index in [9.17, 15) is 4.79 Å². The van der Waals surface area contributed by atoms with Gasteiger partial charge in [-0.3, -0.25) is 0 Å². The first-order chi connectivity index (χ1) is 10.8. The highest BCUT2D eigenvalue weighted by molar-refractivity contribution is 5.67. The Kier molecular flexibility index (Phi) is 16.1. The van der Waals surface area contributed by atoms with E-state index in [1.54, 1.807) is 0 Å². The summed E-state index contributed by atoms with van der Waals surface area (Å²) in [6, 6.07) is 0. The number of amides is 1. The molecule has 0 aliphatic carbocycles. The number of carbonyl (C=O) groups is 1. The predicted molar refractivity (Wildman–Crippen MR) is 95.3 cm³/mol. The third-order valence-corrected chi connectivity index (χ3v) is 4.09. The molecule has 0 heterocycles. The van der Waals surface area contributed by atoms with Crippen molar-refractivity contribution in [2.24, 2.45) is 0 Å². The second-order valence-electron chi connectivity index (χ2n) is 6.22. The normalized spacial score (nSPS) is 10.7. The Morgan fingerprint density at radius 3 is 1.50 bits per heavy atom. The number of ether oxygens (including phenoxy) is 1. The molecule has 1 amide bonds. The van der Waals surface area contributed by atoms with Crippen LogP contribution >= 0.6 is 0 Å². The molecule has 22 heavy (non-hydrogen) atoms. The first kappa shape index (κ1) is 21.3. The standard InChI is InChI=1S/C19H39NO2/c1-4-7-9-11-13-15-17-20(19(21)22-6-3)18-16-14-12-10-8-5-2/h4-18H2,1-3H3. The van der Waals surface area contributed by atoms with E-state index < -0.39 is 0 Å². The van der Waals surface area contributed by atoms with Crippen molar-refractivity contribution in [3.05, 3.63) is 0 Å². The molecule has 0 fully saturated rings. The number of hydrogen-bond acceptors (Lipinski definition) is 2. The number of unbranched alkanes of at least 4 members (excludes halogenated alkanes) is 10. The molecule has 0 aliphatic rings. The van der Waals surface area contributed by atoms with Crippen LogP contribution in [0.15, 0.2) is 0 Å². The van der Waals surface area contributed by atoms with Crippen LogP contribution in [0.5, 0.6) is 0 Å². The first-order valence-electron chi connectivity index (χ1n) is 9.67. The maximum Gasteiger partial charge on any atom is 0.409 e. The molecule has 0 rings (SSSR count). The summed E-state index contributed by atoms with van der Waals surface area (Å²) in [5.74, 6) is 0. The maximum absolute atomic E-state index is 12.0. The van der Waals surface area contributed by atoms with Gasteiger partial charge in [0.15, 0.2) is 0 Å². The number of nitrogens with zero attached hydrogens (tertiary/aromatic N) is 1. The summed E-state index contributed by atoms with van der Waals surface area (Å²) in [4.78, 5) is 13.9. The van der Waals surface area contributed by atoms with E-state index in [-0.39, 0.29) is 6.09 Å². The van der Waals surface area contributed by atoms with E-state index in [2.05, 4.69) is 13.8 Å². The Hall–Kier alpha value is -0.730. The molecule has 0 bridgehead atoms. The van der Waals surface area contributed by atoms with Gasteiger partial charge in [-0.25, -0.2) is 4.79 Å². The average molecular weight is 314 g/mol. The van der Waals surface area contributed by atoms with E-state index in [0.29, 0.717) is 6.61 Å². The molecule has 0 aromatic heterocycles. The summed E-state index contributed by atoms with van der Waals surface area (Å²) < 4.78 is 5.18. The third-order valence-electron chi connectivity index (χ3n) is 4.09. The molecule has 0 aromatic rings. The van der Waals surface area contributed by atoms with Crippen LogP contribution in [-0.2, 0) is 4.74 Å². The van der Waals surface area contributed by atoms with E-state index in [1.807, 2.05) is 11.8 Å². The zero-order valence-electron chi connectivity index (χ0n) is 15.4. The summed E-state index contributed by atoms with van der Waals surface area (Å²) in [6.07, 6.45) is 15.0. The Bertz CT molecular complexity index is 228. The molecule has 0 saturated heterocycles. The van der Waals surface area contributed by atoms with Gasteiger partial charge in [0, 0.05) is 13.1 Å². The lowest BCUT2D eigenvalue weighted by atomic mass is 10.1. The lowest BCUT2D eigenvalue weighted by Crippen LogP contribution is -2.33. The van der Waals surface area contributed by atoms with Crippen LogP contribution in [0.1, 0.15) is 97.8 Å². The third kappa shape index (κ3) is 13.0. The molecule has 0 unspecified atom stereocenters. The molecule has 3 heteroatoms. The van der Waals surface area contributed by atoms with Gasteiger partial charge in [-0.15, -0.1) is 0 Å². The highest BCUT2D eigenvalue weighted by Gasteiger charge is 2.13. The largest absolute Gasteiger partial charge is 0.450 e. The highest BCUT2D eigenvalue weighted by atomic mass is 16.6. The minimum atomic E-state index is -0.121. The predicted octanol–water partition coefficient (Wildman–Crippen LogP) is 6.17. The van der Waals surface area contributed by atoms with Crippen LogP contribution in [0, 0.1) is 0 Å². The molecule has 0 spiro atoms. The molecule has 0 saturated carbocycles. The van der Waals surface area contributed by atoms with Crippen LogP contribution in [0.25, 0.3) is 0 Å². The van der Waals surface area contributed by atoms with Gasteiger partial charge in [0.2, 0.25) is 0 Å². The molecule has 0 N–H and O–H groups in total. The van der Waals surface area contributed by atoms with Crippen LogP contribution < -0.4 is 0 Å². The zero-order chi connectivity index (χ0) is 16.5. The second-order valence-corrected chi connectivity index (χ2v) is 6.22. The average Bonchev–Trinajstić information content (AvgIpc) is 2.52. The van der Waals surface area contributed by atoms with Gasteiger partial charge in [0.05, 0.1) is 6.61 Å². The van der Waals surface area contributed by atoms with Gasteiger partial charge in [0.25, 0.3) is 0 Å². The van der Waals surface area contributed by atoms with E-state index in [1.165, 1.54) is 64.2 Å². The number of carbonyl (C=O) groups excluding carboxylic acids is 1. The van der Waals surface area contributed by atoms with Crippen molar-refractivity contribution >= 4 is 6.09 Å². The Balaban J connectivity index is 3.82. The Morgan fingerprint density at radius 2 is 1.09 bits per heavy atom. The summed E-state index contributed by atoms with van der Waals surface area (Å²) in [7, 11) is 0. The smallest absolute Gasteiger partial charge is 0.409 e. The van der Waals surface area contributed by atoms with Gasteiger partial charge >= 0.3 is 6.09 Å². The minimum Gasteiger partial charge on any atom is -0.450 e. The molecule has 0 atom stereocenters. The van der Waals surface area contributed by atoms with Crippen LogP contribution in [-0.4, -0.2) is 30.7 Å². The SMILES string of the molecule is CCCCCCCCN(CCCCCCCC)C(=O)OCC. The maximum atomic E-state index is 12.0. The van der Waals surface area contributed by atoms with Crippen molar-refractivity contribution in [2.75, 3.05) is 19.7 Å². The molecular formula is C19H39NO2. The monoisotopic (exact) mass is 313 g/mol. The fourth-order valence-electron chi connectivity index (χ4n) is 2.68. The lowest BCUT2D eigenvalue weighted by Gasteiger charge is -2.21. The van der Waals surface area contributed by atoms with Gasteiger partial charge in [-0.05, 0) is 19.8 Å². The summed E-state index contributed by atoms with van der Waals surface area (Å²) in [5.41, 5.74) is 0. The van der Waals surface area contributed by atoms with Gasteiger partial charge in [-0.2, -0.15) is 0 Å². The molecule has 0 aromatic carbocycles. The zero-order valence-corrected chi connectivity index (χ0v) is 15.4. The highest BCUT2D eigenvalue weighted by Crippen LogP contribution is 2.09. The van der Waals surface area contributed by atoms with E-state index in [4.69, 9.17) is 4.74 Å². The van der Waals surface area contributed by atoms with Crippen LogP contribution in [0.3, 0.4) is 0 Å². The Labute approximate surface area is 138 Å². The first-order valence-corrected chi connectivity index (χ1v) is 9.67. The molecule has 0 aliphatic heterocycles. The van der Waals surface area contributed by atoms with E-state index >= 15 is 0 Å². The fourth-order valence-corrected chi connectivity index (χ4v) is 2.68. The molecule has 132 valence electrons. The quantitative estimate of drug-likeness (QED) is 0.338.